The molecule has 78 heavy (non-hydrogen) atoms. The van der Waals surface area contributed by atoms with Gasteiger partial charge in [0.2, 0.25) is 0 Å². The molecule has 0 aliphatic heterocycles. The van der Waals surface area contributed by atoms with Crippen molar-refractivity contribution in [2.24, 2.45) is 14.1 Å². The number of hydrogen-bond donors (Lipinski definition) is 2. The number of phenolic OH excluding ortho intramolecular Hbond substituents is 2. The molecule has 0 aliphatic rings. The summed E-state index contributed by atoms with van der Waals surface area (Å²) in [5.41, 5.74) is 14.8. The molecule has 0 saturated carbocycles. The van der Waals surface area contributed by atoms with Crippen LogP contribution in [-0.2, 0) is 88.7 Å². The van der Waals surface area contributed by atoms with E-state index in [1.165, 1.54) is 0 Å². The standard InChI is InChI=1S/C67H77N7O2.2Pt/c1-62(2,3)42-29-38(46-23-21-25-52-54(46)70-60(73(52)19)48-33-44(64(7,8)9)35-50(56(48)75)66(13,14)15)27-40(31-42)58-68-37-69-59(72-58)41-28-39(30-43(32-41)63(4,5)6)47-24-22-26-53-55(47)71-61(74(53)20)49-34-45(65(10,11)12)36-51(57(49)76)67(16,17)18;;/h21-26,29-37,75-76H,1-20H3;;/q-2;;. The fourth-order valence-corrected chi connectivity index (χ4v) is 10.1. The van der Waals surface area contributed by atoms with Gasteiger partial charge in [0.05, 0.1) is 44.8 Å². The Morgan fingerprint density at radius 3 is 1.03 bits per heavy atom. The van der Waals surface area contributed by atoms with Crippen molar-refractivity contribution in [2.45, 2.75) is 157 Å². The van der Waals surface area contributed by atoms with Crippen LogP contribution in [0.1, 0.15) is 158 Å². The molecule has 9 rings (SSSR count). The molecule has 0 fully saturated rings. The Morgan fingerprint density at radius 1 is 0.385 bits per heavy atom. The first-order valence-electron chi connectivity index (χ1n) is 26.6. The van der Waals surface area contributed by atoms with Gasteiger partial charge in [-0.25, -0.2) is 9.97 Å². The molecule has 0 radical (unpaired) electrons. The Kier molecular flexibility index (Phi) is 15.9. The molecule has 3 heterocycles. The number of phenols is 2. The van der Waals surface area contributed by atoms with E-state index in [0.29, 0.717) is 34.4 Å². The number of aromatic hydroxyl groups is 2. The summed E-state index contributed by atoms with van der Waals surface area (Å²) in [6.07, 6.45) is 1.58. The fourth-order valence-electron chi connectivity index (χ4n) is 10.1. The van der Waals surface area contributed by atoms with Gasteiger partial charge in [0.25, 0.3) is 0 Å². The Morgan fingerprint density at radius 2 is 0.705 bits per heavy atom. The third-order valence-corrected chi connectivity index (χ3v) is 15.0. The second-order valence-electron chi connectivity index (χ2n) is 27.2. The first-order chi connectivity index (χ1) is 35.1. The van der Waals surface area contributed by atoms with E-state index < -0.39 is 0 Å². The average Bonchev–Trinajstić information content (AvgIpc) is 3.88. The molecular formula is C67H77N7O2Pt2-2. The number of aryl methyl sites for hydroxylation is 2. The van der Waals surface area contributed by atoms with Crippen LogP contribution in [-0.4, -0.2) is 44.3 Å². The van der Waals surface area contributed by atoms with Gasteiger partial charge in [-0.15, -0.1) is 58.7 Å². The van der Waals surface area contributed by atoms with Crippen molar-refractivity contribution in [3.63, 3.8) is 0 Å². The molecule has 0 aliphatic carbocycles. The molecule has 0 bridgehead atoms. The number of rotatable bonds is 6. The van der Waals surface area contributed by atoms with E-state index in [2.05, 4.69) is 231 Å². The van der Waals surface area contributed by atoms with Crippen LogP contribution in [0, 0.1) is 12.1 Å². The third-order valence-electron chi connectivity index (χ3n) is 15.0. The summed E-state index contributed by atoms with van der Waals surface area (Å²) in [5.74, 6) is 2.87. The predicted octanol–water partition coefficient (Wildman–Crippen LogP) is 16.4. The van der Waals surface area contributed by atoms with E-state index in [1.54, 1.807) is 6.33 Å². The maximum atomic E-state index is 12.0. The van der Waals surface area contributed by atoms with Gasteiger partial charge in [0, 0.05) is 67.4 Å². The van der Waals surface area contributed by atoms with Crippen LogP contribution in [0.25, 0.3) is 89.9 Å². The molecule has 9 nitrogen and oxygen atoms in total. The number of nitrogens with zero attached hydrogens (tertiary/aromatic N) is 7. The van der Waals surface area contributed by atoms with Crippen molar-refractivity contribution in [1.29, 1.82) is 0 Å². The third kappa shape index (κ3) is 11.4. The molecular weight excluding hydrogens is 1320 g/mol. The molecule has 0 spiro atoms. The van der Waals surface area contributed by atoms with Crippen LogP contribution >= 0.6 is 0 Å². The van der Waals surface area contributed by atoms with E-state index in [4.69, 9.17) is 24.9 Å². The monoisotopic (exact) mass is 1400 g/mol. The van der Waals surface area contributed by atoms with Crippen LogP contribution < -0.4 is 0 Å². The summed E-state index contributed by atoms with van der Waals surface area (Å²) in [7, 11) is 4.04. The zero-order chi connectivity index (χ0) is 55.6. The Labute approximate surface area is 492 Å². The van der Waals surface area contributed by atoms with Crippen molar-refractivity contribution >= 4 is 22.1 Å². The molecule has 11 heteroatoms. The first kappa shape index (κ1) is 59.9. The molecule has 6 aromatic carbocycles. The Balaban J connectivity index is 0.00000441. The number of imidazole rings is 2. The van der Waals surface area contributed by atoms with Crippen LogP contribution in [0.15, 0.2) is 91.3 Å². The normalized spacial score (nSPS) is 12.8. The molecule has 2 N–H and O–H groups in total. The molecule has 0 saturated heterocycles. The molecule has 0 atom stereocenters. The Bertz CT molecular complexity index is 3520. The summed E-state index contributed by atoms with van der Waals surface area (Å²) in [6.45, 7) is 39.3. The van der Waals surface area contributed by atoms with Gasteiger partial charge >= 0.3 is 0 Å². The summed E-state index contributed by atoms with van der Waals surface area (Å²) >= 11 is 0. The van der Waals surface area contributed by atoms with Gasteiger partial charge in [-0.3, -0.25) is 15.0 Å². The van der Waals surface area contributed by atoms with Gasteiger partial charge in [-0.05, 0) is 67.9 Å². The van der Waals surface area contributed by atoms with Crippen LogP contribution in [0.3, 0.4) is 0 Å². The SMILES string of the molecule is Cn1c(-c2cc(C(C)(C)C)cc(C(C)(C)C)c2O)nc2c(-c3[c-]c(-c4ncnc(-c5[c-]c(-c6cccc7c6nc(-c6cc(C(C)(C)C)cc(C(C)(C)C)c6O)n7C)cc(C(C)(C)C)c5)n4)cc(C(C)(C)C)c3)cccc21.[Pt].[Pt]. The van der Waals surface area contributed by atoms with Gasteiger partial charge in [-0.2, -0.15) is 0 Å². The Hall–Kier alpha value is -5.75. The van der Waals surface area contributed by atoms with Crippen LogP contribution in [0.4, 0.5) is 0 Å². The van der Waals surface area contributed by atoms with E-state index in [1.807, 2.05) is 14.1 Å². The molecule has 0 amide bonds. The van der Waals surface area contributed by atoms with E-state index in [0.717, 1.165) is 88.8 Å². The number of aromatic nitrogens is 7. The second kappa shape index (κ2) is 20.7. The zero-order valence-electron chi connectivity index (χ0n) is 49.3. The largest absolute Gasteiger partial charge is 0.507 e. The maximum Gasteiger partial charge on any atom is 0.143 e. The van der Waals surface area contributed by atoms with Gasteiger partial charge in [0.1, 0.15) is 29.5 Å². The summed E-state index contributed by atoms with van der Waals surface area (Å²) in [6, 6.07) is 37.2. The van der Waals surface area contributed by atoms with Gasteiger partial charge < -0.3 is 19.3 Å². The first-order valence-corrected chi connectivity index (χ1v) is 26.6. The molecule has 0 unspecified atom stereocenters. The summed E-state index contributed by atoms with van der Waals surface area (Å²) in [4.78, 5) is 25.6. The van der Waals surface area contributed by atoms with Crippen molar-refractivity contribution in [1.82, 2.24) is 34.1 Å². The topological polar surface area (TPSA) is 115 Å². The number of benzene rings is 6. The van der Waals surface area contributed by atoms with Crippen molar-refractivity contribution < 1.29 is 52.3 Å². The summed E-state index contributed by atoms with van der Waals surface area (Å²) < 4.78 is 4.17. The van der Waals surface area contributed by atoms with Crippen LogP contribution in [0.5, 0.6) is 11.5 Å². The quantitative estimate of drug-likeness (QED) is 0.159. The van der Waals surface area contributed by atoms with Gasteiger partial charge in [0.15, 0.2) is 0 Å². The van der Waals surface area contributed by atoms with E-state index in [9.17, 15) is 10.2 Å². The second-order valence-corrected chi connectivity index (χ2v) is 27.2. The minimum atomic E-state index is -0.290. The summed E-state index contributed by atoms with van der Waals surface area (Å²) in [5, 5.41) is 24.0. The molecule has 414 valence electrons. The van der Waals surface area contributed by atoms with Crippen molar-refractivity contribution in [2.75, 3.05) is 0 Å². The maximum absolute atomic E-state index is 12.0. The van der Waals surface area contributed by atoms with E-state index in [-0.39, 0.29) is 86.1 Å². The van der Waals surface area contributed by atoms with Gasteiger partial charge in [-0.1, -0.05) is 183 Å². The zero-order valence-corrected chi connectivity index (χ0v) is 53.9. The fraction of sp³-hybridized carbons (Fsp3) is 0.388. The minimum absolute atomic E-state index is 0. The van der Waals surface area contributed by atoms with Crippen LogP contribution in [0.2, 0.25) is 0 Å². The molecule has 9 aromatic rings. The number of hydrogen-bond acceptors (Lipinski definition) is 7. The van der Waals surface area contributed by atoms with E-state index >= 15 is 0 Å². The smallest absolute Gasteiger partial charge is 0.143 e. The number of para-hydroxylation sites is 2. The van der Waals surface area contributed by atoms with Crippen molar-refractivity contribution in [3.8, 4) is 79.3 Å². The predicted molar refractivity (Wildman–Crippen MR) is 314 cm³/mol. The molecule has 3 aromatic heterocycles. The average molecular weight is 1400 g/mol. The minimum Gasteiger partial charge on any atom is -0.507 e. The van der Waals surface area contributed by atoms with Crippen molar-refractivity contribution in [3.05, 3.63) is 137 Å². The number of fused-ring (bicyclic) bond motifs is 2.